The number of nitrogens with zero attached hydrogens (tertiary/aromatic N) is 4. The second kappa shape index (κ2) is 10.9. The molecule has 0 bridgehead atoms. The topological polar surface area (TPSA) is 78.8 Å². The summed E-state index contributed by atoms with van der Waals surface area (Å²) >= 11 is 0. The molecule has 0 unspecified atom stereocenters. The molecule has 0 radical (unpaired) electrons. The number of fused-ring (bicyclic) bond motifs is 1. The molecule has 1 aromatic carbocycles. The average molecular weight is 479 g/mol. The SMILES string of the molecule is C[C@H](CO)N1C[C@H](C)[C@H](CN(C)Cc2ccncc2)Oc2ncc(-c3ccc(F)cc3)cc2C1=O. The number of hydrogen-bond donors (Lipinski definition) is 1. The van der Waals surface area contributed by atoms with Crippen LogP contribution in [0.25, 0.3) is 11.1 Å². The molecule has 1 aliphatic rings. The monoisotopic (exact) mass is 478 g/mol. The molecular weight excluding hydrogens is 447 g/mol. The van der Waals surface area contributed by atoms with Crippen LogP contribution in [0, 0.1) is 11.7 Å². The maximum Gasteiger partial charge on any atom is 0.259 e. The van der Waals surface area contributed by atoms with Gasteiger partial charge in [0, 0.05) is 49.7 Å². The van der Waals surface area contributed by atoms with Gasteiger partial charge in [0.15, 0.2) is 0 Å². The van der Waals surface area contributed by atoms with Crippen LogP contribution in [0.4, 0.5) is 4.39 Å². The normalized spacial score (nSPS) is 19.0. The van der Waals surface area contributed by atoms with Gasteiger partial charge >= 0.3 is 0 Å². The van der Waals surface area contributed by atoms with Crippen molar-refractivity contribution in [2.45, 2.75) is 32.5 Å². The van der Waals surface area contributed by atoms with Crippen LogP contribution in [0.15, 0.2) is 61.1 Å². The highest BCUT2D eigenvalue weighted by atomic mass is 19.1. The van der Waals surface area contributed by atoms with Gasteiger partial charge in [-0.3, -0.25) is 14.7 Å². The number of aromatic nitrogens is 2. The van der Waals surface area contributed by atoms with Crippen LogP contribution in [0.1, 0.15) is 29.8 Å². The van der Waals surface area contributed by atoms with Gasteiger partial charge in [0.2, 0.25) is 5.88 Å². The minimum atomic E-state index is -0.361. The van der Waals surface area contributed by atoms with E-state index in [1.54, 1.807) is 41.7 Å². The third kappa shape index (κ3) is 5.83. The fourth-order valence-electron chi connectivity index (χ4n) is 4.29. The molecule has 3 atom stereocenters. The van der Waals surface area contributed by atoms with Gasteiger partial charge in [-0.25, -0.2) is 9.37 Å². The summed E-state index contributed by atoms with van der Waals surface area (Å²) in [7, 11) is 2.03. The van der Waals surface area contributed by atoms with Crippen molar-refractivity contribution in [3.8, 4) is 17.0 Å². The Bertz CT molecular complexity index is 1140. The summed E-state index contributed by atoms with van der Waals surface area (Å²) in [6.45, 7) is 5.52. The number of aliphatic hydroxyl groups excluding tert-OH is 1. The highest BCUT2D eigenvalue weighted by molar-refractivity contribution is 5.98. The van der Waals surface area contributed by atoms with Crippen LogP contribution in [0.3, 0.4) is 0 Å². The first-order valence-corrected chi connectivity index (χ1v) is 11.8. The maximum atomic E-state index is 13.6. The highest BCUT2D eigenvalue weighted by Crippen LogP contribution is 2.30. The quantitative estimate of drug-likeness (QED) is 0.559. The van der Waals surface area contributed by atoms with Gasteiger partial charge in [-0.2, -0.15) is 0 Å². The molecule has 0 fully saturated rings. The summed E-state index contributed by atoms with van der Waals surface area (Å²) in [6, 6.07) is 11.4. The molecule has 3 aromatic rings. The summed E-state index contributed by atoms with van der Waals surface area (Å²) in [4.78, 5) is 26.0. The van der Waals surface area contributed by atoms with Gasteiger partial charge in [-0.15, -0.1) is 0 Å². The molecule has 8 heteroatoms. The first kappa shape index (κ1) is 24.8. The number of carbonyl (C=O) groups is 1. The largest absolute Gasteiger partial charge is 0.472 e. The van der Waals surface area contributed by atoms with E-state index < -0.39 is 0 Å². The summed E-state index contributed by atoms with van der Waals surface area (Å²) < 4.78 is 19.8. The van der Waals surface area contributed by atoms with Crippen LogP contribution >= 0.6 is 0 Å². The number of likely N-dealkylation sites (N-methyl/N-ethyl adjacent to an activating group) is 1. The first-order valence-electron chi connectivity index (χ1n) is 11.8. The Balaban J connectivity index is 1.65. The van der Waals surface area contributed by atoms with Crippen molar-refractivity contribution in [3.05, 3.63) is 78.0 Å². The molecule has 1 amide bonds. The van der Waals surface area contributed by atoms with E-state index in [1.165, 1.54) is 12.1 Å². The Labute approximate surface area is 205 Å². The molecular formula is C27H31FN4O3. The van der Waals surface area contributed by atoms with Gasteiger partial charge in [0.25, 0.3) is 5.91 Å². The van der Waals surface area contributed by atoms with Crippen molar-refractivity contribution in [2.75, 3.05) is 26.7 Å². The molecule has 0 saturated heterocycles. The number of aliphatic hydroxyl groups is 1. The summed E-state index contributed by atoms with van der Waals surface area (Å²) in [5.41, 5.74) is 2.92. The van der Waals surface area contributed by atoms with Gasteiger partial charge in [-0.1, -0.05) is 19.1 Å². The van der Waals surface area contributed by atoms with E-state index in [0.717, 1.165) is 17.7 Å². The van der Waals surface area contributed by atoms with Crippen molar-refractivity contribution in [1.29, 1.82) is 0 Å². The zero-order chi connectivity index (χ0) is 24.9. The summed E-state index contributed by atoms with van der Waals surface area (Å²) in [5, 5.41) is 9.85. The van der Waals surface area contributed by atoms with Crippen LogP contribution < -0.4 is 4.74 Å². The minimum Gasteiger partial charge on any atom is -0.472 e. The molecule has 0 saturated carbocycles. The molecule has 3 heterocycles. The van der Waals surface area contributed by atoms with E-state index in [1.807, 2.05) is 33.0 Å². The molecule has 0 spiro atoms. The van der Waals surface area contributed by atoms with Gasteiger partial charge in [0.1, 0.15) is 17.5 Å². The molecule has 1 N–H and O–H groups in total. The van der Waals surface area contributed by atoms with Crippen LogP contribution in [-0.4, -0.2) is 69.7 Å². The fraction of sp³-hybridized carbons (Fsp3) is 0.370. The van der Waals surface area contributed by atoms with E-state index in [0.29, 0.717) is 24.2 Å². The molecule has 2 aromatic heterocycles. The Kier molecular flexibility index (Phi) is 7.73. The first-order chi connectivity index (χ1) is 16.9. The van der Waals surface area contributed by atoms with Gasteiger partial charge in [-0.05, 0) is 55.4 Å². The molecule has 35 heavy (non-hydrogen) atoms. The molecule has 7 nitrogen and oxygen atoms in total. The number of carbonyl (C=O) groups excluding carboxylic acids is 1. The number of ether oxygens (including phenoxy) is 1. The van der Waals surface area contributed by atoms with Crippen molar-refractivity contribution >= 4 is 5.91 Å². The molecule has 1 aliphatic heterocycles. The number of benzene rings is 1. The zero-order valence-electron chi connectivity index (χ0n) is 20.3. The summed E-state index contributed by atoms with van der Waals surface area (Å²) in [6.07, 6.45) is 4.96. The molecule has 4 rings (SSSR count). The number of hydrogen-bond acceptors (Lipinski definition) is 6. The predicted octanol–water partition coefficient (Wildman–Crippen LogP) is 3.63. The lowest BCUT2D eigenvalue weighted by molar-refractivity contribution is 0.0325. The third-order valence-electron chi connectivity index (χ3n) is 6.39. The Morgan fingerprint density at radius 2 is 1.91 bits per heavy atom. The fourth-order valence-corrected chi connectivity index (χ4v) is 4.29. The van der Waals surface area contributed by atoms with E-state index in [4.69, 9.17) is 4.74 Å². The second-order valence-corrected chi connectivity index (χ2v) is 9.26. The van der Waals surface area contributed by atoms with Crippen LogP contribution in [0.2, 0.25) is 0 Å². The van der Waals surface area contributed by atoms with Gasteiger partial charge < -0.3 is 14.7 Å². The lowest BCUT2D eigenvalue weighted by Gasteiger charge is -2.37. The number of halogens is 1. The van der Waals surface area contributed by atoms with Crippen LogP contribution in [-0.2, 0) is 6.54 Å². The summed E-state index contributed by atoms with van der Waals surface area (Å²) in [5.74, 6) is -0.305. The minimum absolute atomic E-state index is 0.000403. The molecule has 0 aliphatic carbocycles. The van der Waals surface area contributed by atoms with Crippen molar-refractivity contribution in [3.63, 3.8) is 0 Å². The third-order valence-corrected chi connectivity index (χ3v) is 6.39. The standard InChI is InChI=1S/C27H31FN4O3/c1-18-14-32(19(2)17-33)27(34)24-12-22(21-4-6-23(28)7-5-21)13-30-26(24)35-25(18)16-31(3)15-20-8-10-29-11-9-20/h4-13,18-19,25,33H,14-17H2,1-3H3/t18-,19+,25-/m0/s1. The molecule has 184 valence electrons. The van der Waals surface area contributed by atoms with Crippen molar-refractivity contribution < 1.29 is 19.0 Å². The predicted molar refractivity (Wildman–Crippen MR) is 131 cm³/mol. The van der Waals surface area contributed by atoms with E-state index in [2.05, 4.69) is 14.9 Å². The lowest BCUT2D eigenvalue weighted by atomic mass is 9.99. The van der Waals surface area contributed by atoms with E-state index in [-0.39, 0.29) is 42.3 Å². The Hall–Kier alpha value is -3.36. The lowest BCUT2D eigenvalue weighted by Crippen LogP contribution is -2.49. The van der Waals surface area contributed by atoms with Crippen LogP contribution in [0.5, 0.6) is 5.88 Å². The van der Waals surface area contributed by atoms with Gasteiger partial charge in [0.05, 0.1) is 12.6 Å². The smallest absolute Gasteiger partial charge is 0.259 e. The average Bonchev–Trinajstić information content (AvgIpc) is 2.86. The van der Waals surface area contributed by atoms with E-state index in [9.17, 15) is 14.3 Å². The number of amides is 1. The van der Waals surface area contributed by atoms with Crippen molar-refractivity contribution in [2.24, 2.45) is 5.92 Å². The number of pyridine rings is 2. The Morgan fingerprint density at radius 1 is 1.20 bits per heavy atom. The Morgan fingerprint density at radius 3 is 2.60 bits per heavy atom. The van der Waals surface area contributed by atoms with E-state index >= 15 is 0 Å². The van der Waals surface area contributed by atoms with Crippen molar-refractivity contribution in [1.82, 2.24) is 19.8 Å². The number of rotatable bonds is 7. The zero-order valence-corrected chi connectivity index (χ0v) is 20.3. The maximum absolute atomic E-state index is 13.6. The second-order valence-electron chi connectivity index (χ2n) is 9.26. The highest BCUT2D eigenvalue weighted by Gasteiger charge is 2.34.